The molecular weight excluding hydrogens is 334 g/mol. The minimum atomic E-state index is -0.642. The van der Waals surface area contributed by atoms with Crippen molar-refractivity contribution in [2.24, 2.45) is 5.73 Å². The number of thiazole rings is 1. The summed E-state index contributed by atoms with van der Waals surface area (Å²) in [5, 5.41) is 3.92. The molecule has 2 aromatic rings. The Morgan fingerprint density at radius 1 is 1.43 bits per heavy atom. The Hall–Kier alpha value is -1.76. The summed E-state index contributed by atoms with van der Waals surface area (Å²) >= 11 is 7.13. The van der Waals surface area contributed by atoms with E-state index in [4.69, 9.17) is 17.3 Å². The van der Waals surface area contributed by atoms with Crippen LogP contribution in [0.2, 0.25) is 5.02 Å². The van der Waals surface area contributed by atoms with Crippen molar-refractivity contribution in [1.29, 1.82) is 0 Å². The Bertz CT molecular complexity index is 754. The number of carbonyl (C=O) groups excluding carboxylic acids is 2. The molecule has 1 aliphatic heterocycles. The van der Waals surface area contributed by atoms with Crippen LogP contribution in [-0.4, -0.2) is 29.3 Å². The normalized spacial score (nSPS) is 17.3. The number of rotatable bonds is 5. The van der Waals surface area contributed by atoms with Crippen LogP contribution in [0.3, 0.4) is 0 Å². The first-order valence-corrected chi connectivity index (χ1v) is 8.43. The maximum atomic E-state index is 12.6. The molecule has 1 aromatic carbocycles. The Balaban J connectivity index is 1.97. The summed E-state index contributed by atoms with van der Waals surface area (Å²) in [7, 11) is 0. The van der Waals surface area contributed by atoms with Gasteiger partial charge in [0.1, 0.15) is 5.69 Å². The molecule has 5 nitrogen and oxygen atoms in total. The standard InChI is InChI=1S/C16H15ClN3O2S/c17-10-4-1-3-9(7-10)14-13(20-16(23-14)15(18)22)12(21)8-11-5-2-6-19-11/h1,3-4,7-8,11,19H,2,5-6H2,(H2,18,22)/t11-/m1/s1. The second-order valence-corrected chi connectivity index (χ2v) is 6.74. The molecule has 2 heterocycles. The van der Waals surface area contributed by atoms with Crippen molar-refractivity contribution in [3.05, 3.63) is 46.4 Å². The third-order valence-corrected chi connectivity index (χ3v) is 4.96. The first kappa shape index (κ1) is 16.1. The van der Waals surface area contributed by atoms with Gasteiger partial charge in [0.15, 0.2) is 10.8 Å². The van der Waals surface area contributed by atoms with E-state index >= 15 is 0 Å². The zero-order valence-electron chi connectivity index (χ0n) is 12.2. The Morgan fingerprint density at radius 3 is 2.91 bits per heavy atom. The number of Topliss-reactive ketones (excluding diaryl/α,β-unsaturated/α-hetero) is 1. The number of aromatic nitrogens is 1. The van der Waals surface area contributed by atoms with Crippen molar-refractivity contribution in [2.75, 3.05) is 6.54 Å². The van der Waals surface area contributed by atoms with Gasteiger partial charge in [-0.05, 0) is 37.1 Å². The summed E-state index contributed by atoms with van der Waals surface area (Å²) in [6.07, 6.45) is 3.59. The molecule has 0 saturated carbocycles. The van der Waals surface area contributed by atoms with Gasteiger partial charge in [0.25, 0.3) is 5.91 Å². The van der Waals surface area contributed by atoms with Crippen LogP contribution in [0.4, 0.5) is 0 Å². The van der Waals surface area contributed by atoms with Gasteiger partial charge in [-0.2, -0.15) is 0 Å². The van der Waals surface area contributed by atoms with Gasteiger partial charge in [-0.1, -0.05) is 23.7 Å². The number of benzene rings is 1. The van der Waals surface area contributed by atoms with E-state index in [0.29, 0.717) is 9.90 Å². The first-order valence-electron chi connectivity index (χ1n) is 7.24. The third kappa shape index (κ3) is 3.60. The summed E-state index contributed by atoms with van der Waals surface area (Å²) in [5.74, 6) is -0.848. The van der Waals surface area contributed by atoms with Crippen LogP contribution in [0.25, 0.3) is 10.4 Å². The molecule has 1 atom stereocenters. The molecule has 7 heteroatoms. The molecule has 0 spiro atoms. The van der Waals surface area contributed by atoms with Crippen LogP contribution < -0.4 is 11.1 Å². The highest BCUT2D eigenvalue weighted by atomic mass is 35.5. The number of nitrogens with one attached hydrogen (secondary N) is 1. The molecule has 23 heavy (non-hydrogen) atoms. The van der Waals surface area contributed by atoms with Gasteiger partial charge in [-0.15, -0.1) is 11.3 Å². The fourth-order valence-electron chi connectivity index (χ4n) is 2.53. The molecule has 1 aromatic heterocycles. The molecule has 3 N–H and O–H groups in total. The molecule has 1 radical (unpaired) electrons. The van der Waals surface area contributed by atoms with Crippen LogP contribution in [0.1, 0.15) is 33.1 Å². The monoisotopic (exact) mass is 348 g/mol. The lowest BCUT2D eigenvalue weighted by molar-refractivity contribution is 0.1000. The van der Waals surface area contributed by atoms with E-state index in [2.05, 4.69) is 10.3 Å². The number of primary amides is 1. The number of nitrogens with two attached hydrogens (primary N) is 1. The summed E-state index contributed by atoms with van der Waals surface area (Å²) in [4.78, 5) is 28.8. The minimum Gasteiger partial charge on any atom is -0.364 e. The molecule has 3 rings (SSSR count). The summed E-state index contributed by atoms with van der Waals surface area (Å²) in [6, 6.07) is 7.15. The fourth-order valence-corrected chi connectivity index (χ4v) is 3.64. The summed E-state index contributed by atoms with van der Waals surface area (Å²) in [5.41, 5.74) is 6.32. The zero-order valence-corrected chi connectivity index (χ0v) is 13.8. The van der Waals surface area contributed by atoms with Crippen molar-refractivity contribution < 1.29 is 9.59 Å². The van der Waals surface area contributed by atoms with E-state index in [0.717, 1.165) is 36.3 Å². The number of nitrogens with zero attached hydrogens (tertiary/aromatic N) is 1. The van der Waals surface area contributed by atoms with Gasteiger partial charge >= 0.3 is 0 Å². The van der Waals surface area contributed by atoms with Gasteiger partial charge in [0, 0.05) is 11.1 Å². The number of amides is 1. The number of hydrogen-bond acceptors (Lipinski definition) is 5. The summed E-state index contributed by atoms with van der Waals surface area (Å²) in [6.45, 7) is 0.902. The molecular formula is C16H15ClN3O2S. The highest BCUT2D eigenvalue weighted by molar-refractivity contribution is 7.17. The van der Waals surface area contributed by atoms with E-state index in [1.807, 2.05) is 6.07 Å². The van der Waals surface area contributed by atoms with E-state index in [-0.39, 0.29) is 22.5 Å². The molecule has 1 fully saturated rings. The predicted molar refractivity (Wildman–Crippen MR) is 90.7 cm³/mol. The van der Waals surface area contributed by atoms with E-state index < -0.39 is 5.91 Å². The summed E-state index contributed by atoms with van der Waals surface area (Å²) < 4.78 is 0. The highest BCUT2D eigenvalue weighted by Crippen LogP contribution is 2.33. The lowest BCUT2D eigenvalue weighted by Crippen LogP contribution is -2.25. The SMILES string of the molecule is NC(=O)c1nc(C(=O)[CH][C@H]2CCCN2)c(-c2cccc(Cl)c2)s1. The molecule has 119 valence electrons. The van der Waals surface area contributed by atoms with E-state index in [1.165, 1.54) is 0 Å². The molecule has 0 unspecified atom stereocenters. The Labute approximate surface area is 142 Å². The lowest BCUT2D eigenvalue weighted by Gasteiger charge is -2.08. The average molecular weight is 349 g/mol. The Kier molecular flexibility index (Phi) is 4.75. The predicted octanol–water partition coefficient (Wildman–Crippen LogP) is 2.70. The molecule has 1 aliphatic rings. The van der Waals surface area contributed by atoms with Crippen LogP contribution in [0.15, 0.2) is 24.3 Å². The minimum absolute atomic E-state index is 0.0495. The topological polar surface area (TPSA) is 85.1 Å². The first-order chi connectivity index (χ1) is 11.0. The second kappa shape index (κ2) is 6.78. The van der Waals surface area contributed by atoms with Crippen molar-refractivity contribution in [2.45, 2.75) is 18.9 Å². The second-order valence-electron chi connectivity index (χ2n) is 5.31. The maximum absolute atomic E-state index is 12.6. The van der Waals surface area contributed by atoms with E-state index in [1.54, 1.807) is 24.6 Å². The maximum Gasteiger partial charge on any atom is 0.277 e. The van der Waals surface area contributed by atoms with Crippen molar-refractivity contribution in [3.8, 4) is 10.4 Å². The lowest BCUT2D eigenvalue weighted by atomic mass is 10.0. The van der Waals surface area contributed by atoms with Crippen molar-refractivity contribution in [3.63, 3.8) is 0 Å². The number of carbonyl (C=O) groups is 2. The average Bonchev–Trinajstić information content (AvgIpc) is 3.16. The van der Waals surface area contributed by atoms with E-state index in [9.17, 15) is 9.59 Å². The number of ketones is 1. The molecule has 1 amide bonds. The highest BCUT2D eigenvalue weighted by Gasteiger charge is 2.25. The molecule has 1 saturated heterocycles. The number of halogens is 1. The quantitative estimate of drug-likeness (QED) is 0.813. The van der Waals surface area contributed by atoms with Crippen LogP contribution in [0, 0.1) is 6.42 Å². The van der Waals surface area contributed by atoms with Gasteiger partial charge in [-0.25, -0.2) is 4.98 Å². The van der Waals surface area contributed by atoms with Crippen molar-refractivity contribution in [1.82, 2.24) is 10.3 Å². The van der Waals surface area contributed by atoms with Crippen LogP contribution in [-0.2, 0) is 0 Å². The fraction of sp³-hybridized carbons (Fsp3) is 0.250. The molecule has 0 aliphatic carbocycles. The third-order valence-electron chi connectivity index (χ3n) is 3.61. The zero-order chi connectivity index (χ0) is 16.4. The van der Waals surface area contributed by atoms with Gasteiger partial charge in [0.2, 0.25) is 0 Å². The van der Waals surface area contributed by atoms with Crippen LogP contribution in [0.5, 0.6) is 0 Å². The van der Waals surface area contributed by atoms with Gasteiger partial charge < -0.3 is 11.1 Å². The van der Waals surface area contributed by atoms with Crippen LogP contribution >= 0.6 is 22.9 Å². The van der Waals surface area contributed by atoms with Crippen molar-refractivity contribution >= 4 is 34.6 Å². The Morgan fingerprint density at radius 2 is 2.26 bits per heavy atom. The smallest absolute Gasteiger partial charge is 0.277 e. The number of hydrogen-bond donors (Lipinski definition) is 2. The largest absolute Gasteiger partial charge is 0.364 e. The van der Waals surface area contributed by atoms with Gasteiger partial charge in [0.05, 0.1) is 11.3 Å². The molecule has 0 bridgehead atoms. The van der Waals surface area contributed by atoms with Gasteiger partial charge in [-0.3, -0.25) is 9.59 Å².